The van der Waals surface area contributed by atoms with Gasteiger partial charge in [0.2, 0.25) is 5.91 Å². The van der Waals surface area contributed by atoms with E-state index >= 15 is 0 Å². The molecule has 2 rings (SSSR count). The van der Waals surface area contributed by atoms with Gasteiger partial charge < -0.3 is 15.8 Å². The minimum absolute atomic E-state index is 0.199. The third kappa shape index (κ3) is 2.93. The van der Waals surface area contributed by atoms with Crippen molar-refractivity contribution >= 4 is 5.91 Å². The number of benzene rings is 1. The standard InChI is InChI=1S/C14H19FN2O2/c1-9-5-11(6-10(2)12(9)15)7-17-13(18)14(16)3-4-19-8-14/h5-6H,3-4,7-8,16H2,1-2H3,(H,17,18). The molecule has 0 bridgehead atoms. The van der Waals surface area contributed by atoms with E-state index in [1.165, 1.54) is 0 Å². The Morgan fingerprint density at radius 1 is 1.47 bits per heavy atom. The average Bonchev–Trinajstić information content (AvgIpc) is 2.81. The van der Waals surface area contributed by atoms with E-state index in [1.807, 2.05) is 0 Å². The summed E-state index contributed by atoms with van der Waals surface area (Å²) in [7, 11) is 0. The highest BCUT2D eigenvalue weighted by molar-refractivity contribution is 5.86. The van der Waals surface area contributed by atoms with Crippen LogP contribution in [0.5, 0.6) is 0 Å². The van der Waals surface area contributed by atoms with Crippen molar-refractivity contribution in [3.8, 4) is 0 Å². The van der Waals surface area contributed by atoms with Gasteiger partial charge in [0.15, 0.2) is 0 Å². The first kappa shape index (κ1) is 14.0. The summed E-state index contributed by atoms with van der Waals surface area (Å²) in [5.41, 5.74) is 7.05. The van der Waals surface area contributed by atoms with Gasteiger partial charge in [0.1, 0.15) is 11.4 Å². The quantitative estimate of drug-likeness (QED) is 0.863. The molecule has 1 fully saturated rings. The number of nitrogens with one attached hydrogen (secondary N) is 1. The van der Waals surface area contributed by atoms with E-state index in [-0.39, 0.29) is 18.3 Å². The zero-order valence-corrected chi connectivity index (χ0v) is 11.3. The van der Waals surface area contributed by atoms with Crippen molar-refractivity contribution in [1.82, 2.24) is 5.32 Å². The van der Waals surface area contributed by atoms with E-state index in [4.69, 9.17) is 10.5 Å². The minimum atomic E-state index is -0.926. The second kappa shape index (κ2) is 5.27. The fourth-order valence-electron chi connectivity index (χ4n) is 2.26. The van der Waals surface area contributed by atoms with Crippen LogP contribution < -0.4 is 11.1 Å². The third-order valence-electron chi connectivity index (χ3n) is 3.45. The molecule has 0 aromatic heterocycles. The summed E-state index contributed by atoms with van der Waals surface area (Å²) >= 11 is 0. The first-order valence-corrected chi connectivity index (χ1v) is 6.33. The van der Waals surface area contributed by atoms with Crippen molar-refractivity contribution in [3.63, 3.8) is 0 Å². The van der Waals surface area contributed by atoms with Crippen LogP contribution >= 0.6 is 0 Å². The van der Waals surface area contributed by atoms with Crippen molar-refractivity contribution in [3.05, 3.63) is 34.6 Å². The Morgan fingerprint density at radius 3 is 2.63 bits per heavy atom. The fraction of sp³-hybridized carbons (Fsp3) is 0.500. The Labute approximate surface area is 112 Å². The number of ether oxygens (including phenoxy) is 1. The first-order chi connectivity index (χ1) is 8.92. The van der Waals surface area contributed by atoms with Crippen LogP contribution in [0.1, 0.15) is 23.1 Å². The zero-order valence-electron chi connectivity index (χ0n) is 11.3. The van der Waals surface area contributed by atoms with Crippen molar-refractivity contribution in [2.24, 2.45) is 5.73 Å². The number of nitrogens with two attached hydrogens (primary N) is 1. The Balaban J connectivity index is 2.01. The monoisotopic (exact) mass is 266 g/mol. The van der Waals surface area contributed by atoms with Crippen LogP contribution in [0.15, 0.2) is 12.1 Å². The van der Waals surface area contributed by atoms with Gasteiger partial charge in [-0.15, -0.1) is 0 Å². The molecule has 1 aliphatic rings. The lowest BCUT2D eigenvalue weighted by Gasteiger charge is -2.20. The van der Waals surface area contributed by atoms with E-state index in [0.717, 1.165) is 5.56 Å². The Morgan fingerprint density at radius 2 is 2.11 bits per heavy atom. The molecule has 1 atom stereocenters. The summed E-state index contributed by atoms with van der Waals surface area (Å²) < 4.78 is 18.6. The third-order valence-corrected chi connectivity index (χ3v) is 3.45. The van der Waals surface area contributed by atoms with Gasteiger partial charge in [0, 0.05) is 13.2 Å². The molecular weight excluding hydrogens is 247 g/mol. The minimum Gasteiger partial charge on any atom is -0.379 e. The zero-order chi connectivity index (χ0) is 14.0. The smallest absolute Gasteiger partial charge is 0.242 e. The van der Waals surface area contributed by atoms with Gasteiger partial charge in [-0.1, -0.05) is 12.1 Å². The number of carbonyl (C=O) groups excluding carboxylic acids is 1. The lowest BCUT2D eigenvalue weighted by atomic mass is 9.99. The van der Waals surface area contributed by atoms with E-state index in [2.05, 4.69) is 5.32 Å². The summed E-state index contributed by atoms with van der Waals surface area (Å²) in [5, 5.41) is 2.79. The molecular formula is C14H19FN2O2. The summed E-state index contributed by atoms with van der Waals surface area (Å²) in [5.74, 6) is -0.417. The van der Waals surface area contributed by atoms with Gasteiger partial charge in [0.05, 0.1) is 6.61 Å². The van der Waals surface area contributed by atoms with Crippen molar-refractivity contribution in [1.29, 1.82) is 0 Å². The molecule has 1 aromatic carbocycles. The van der Waals surface area contributed by atoms with Crippen LogP contribution in [0.3, 0.4) is 0 Å². The van der Waals surface area contributed by atoms with Crippen molar-refractivity contribution in [2.45, 2.75) is 32.4 Å². The van der Waals surface area contributed by atoms with Gasteiger partial charge in [0.25, 0.3) is 0 Å². The second-order valence-corrected chi connectivity index (χ2v) is 5.19. The summed E-state index contributed by atoms with van der Waals surface area (Å²) in [6, 6.07) is 3.47. The molecule has 19 heavy (non-hydrogen) atoms. The summed E-state index contributed by atoms with van der Waals surface area (Å²) in [4.78, 5) is 12.0. The predicted molar refractivity (Wildman–Crippen MR) is 70.1 cm³/mol. The molecule has 1 aromatic rings. The second-order valence-electron chi connectivity index (χ2n) is 5.19. The number of halogens is 1. The molecule has 1 amide bonds. The first-order valence-electron chi connectivity index (χ1n) is 6.33. The molecule has 1 unspecified atom stereocenters. The molecule has 0 saturated carbocycles. The predicted octanol–water partition coefficient (Wildman–Crippen LogP) is 1.18. The molecule has 1 heterocycles. The van der Waals surface area contributed by atoms with Crippen LogP contribution in [0.2, 0.25) is 0 Å². The van der Waals surface area contributed by atoms with Gasteiger partial charge in [-0.25, -0.2) is 4.39 Å². The highest BCUT2D eigenvalue weighted by atomic mass is 19.1. The topological polar surface area (TPSA) is 64.4 Å². The van der Waals surface area contributed by atoms with Crippen LogP contribution in [0.25, 0.3) is 0 Å². The molecule has 0 radical (unpaired) electrons. The van der Waals surface area contributed by atoms with Crippen LogP contribution in [-0.4, -0.2) is 24.7 Å². The number of carbonyl (C=O) groups is 1. The normalized spacial score (nSPS) is 22.5. The maximum Gasteiger partial charge on any atom is 0.242 e. The lowest BCUT2D eigenvalue weighted by Crippen LogP contribution is -2.54. The van der Waals surface area contributed by atoms with Crippen LogP contribution in [-0.2, 0) is 16.1 Å². The van der Waals surface area contributed by atoms with Crippen molar-refractivity contribution in [2.75, 3.05) is 13.2 Å². The SMILES string of the molecule is Cc1cc(CNC(=O)C2(N)CCOC2)cc(C)c1F. The van der Waals surface area contributed by atoms with Crippen LogP contribution in [0, 0.1) is 19.7 Å². The van der Waals surface area contributed by atoms with Gasteiger partial charge in [-0.3, -0.25) is 4.79 Å². The molecule has 0 spiro atoms. The van der Waals surface area contributed by atoms with E-state index < -0.39 is 5.54 Å². The summed E-state index contributed by atoms with van der Waals surface area (Å²) in [6.45, 7) is 4.53. The molecule has 104 valence electrons. The Bertz CT molecular complexity index is 473. The van der Waals surface area contributed by atoms with Gasteiger partial charge in [-0.05, 0) is 37.0 Å². The Hall–Kier alpha value is -1.46. The summed E-state index contributed by atoms with van der Waals surface area (Å²) in [6.07, 6.45) is 0.528. The maximum absolute atomic E-state index is 13.5. The number of amides is 1. The molecule has 1 aliphatic heterocycles. The van der Waals surface area contributed by atoms with E-state index in [1.54, 1.807) is 26.0 Å². The van der Waals surface area contributed by atoms with E-state index in [0.29, 0.717) is 30.7 Å². The van der Waals surface area contributed by atoms with Gasteiger partial charge >= 0.3 is 0 Å². The average molecular weight is 266 g/mol. The van der Waals surface area contributed by atoms with E-state index in [9.17, 15) is 9.18 Å². The molecule has 0 aliphatic carbocycles. The lowest BCUT2D eigenvalue weighted by molar-refractivity contribution is -0.126. The molecule has 4 nitrogen and oxygen atoms in total. The van der Waals surface area contributed by atoms with Crippen LogP contribution in [0.4, 0.5) is 4.39 Å². The molecule has 5 heteroatoms. The Kier molecular flexibility index (Phi) is 3.87. The largest absolute Gasteiger partial charge is 0.379 e. The molecule has 3 N–H and O–H groups in total. The van der Waals surface area contributed by atoms with Crippen molar-refractivity contribution < 1.29 is 13.9 Å². The fourth-order valence-corrected chi connectivity index (χ4v) is 2.26. The number of hydrogen-bond donors (Lipinski definition) is 2. The van der Waals surface area contributed by atoms with Gasteiger partial charge in [-0.2, -0.15) is 0 Å². The number of hydrogen-bond acceptors (Lipinski definition) is 3. The highest BCUT2D eigenvalue weighted by Crippen LogP contribution is 2.17. The highest BCUT2D eigenvalue weighted by Gasteiger charge is 2.37. The number of aryl methyl sites for hydroxylation is 2. The number of rotatable bonds is 3. The maximum atomic E-state index is 13.5. The molecule has 1 saturated heterocycles.